The van der Waals surface area contributed by atoms with Crippen molar-refractivity contribution in [1.29, 1.82) is 0 Å². The number of carbonyl (C=O) groups excluding carboxylic acids is 1. The molecule has 1 saturated heterocycles. The van der Waals surface area contributed by atoms with Gasteiger partial charge in [0, 0.05) is 61.0 Å². The highest BCUT2D eigenvalue weighted by molar-refractivity contribution is 5.92. The lowest BCUT2D eigenvalue weighted by molar-refractivity contribution is -0.899. The largest absolute Gasteiger partial charge is 0.633 e. The summed E-state index contributed by atoms with van der Waals surface area (Å²) < 4.78 is 3.38. The van der Waals surface area contributed by atoms with Crippen LogP contribution in [0.3, 0.4) is 0 Å². The van der Waals surface area contributed by atoms with Gasteiger partial charge >= 0.3 is 0 Å². The predicted octanol–water partition coefficient (Wildman–Crippen LogP) is 3.18. The van der Waals surface area contributed by atoms with Gasteiger partial charge in [-0.05, 0) is 48.2 Å². The molecule has 0 unspecified atom stereocenters. The maximum absolute atomic E-state index is 13.8. The lowest BCUT2D eigenvalue weighted by Gasteiger charge is -2.47. The fourth-order valence-corrected chi connectivity index (χ4v) is 5.86. The van der Waals surface area contributed by atoms with E-state index in [4.69, 9.17) is 5.73 Å². The molecule has 1 fully saturated rings. The van der Waals surface area contributed by atoms with Gasteiger partial charge < -0.3 is 25.5 Å². The third kappa shape index (κ3) is 4.10. The van der Waals surface area contributed by atoms with Crippen molar-refractivity contribution in [3.8, 4) is 5.69 Å². The third-order valence-corrected chi connectivity index (χ3v) is 8.03. The summed E-state index contributed by atoms with van der Waals surface area (Å²) in [5.41, 5.74) is 11.1. The van der Waals surface area contributed by atoms with Crippen LogP contribution in [0, 0.1) is 5.21 Å². The number of aromatic nitrogens is 3. The van der Waals surface area contributed by atoms with Crippen molar-refractivity contribution in [2.24, 2.45) is 12.8 Å². The molecule has 1 aromatic carbocycles. The van der Waals surface area contributed by atoms with Crippen LogP contribution in [0.15, 0.2) is 59.7 Å². The van der Waals surface area contributed by atoms with E-state index in [9.17, 15) is 14.8 Å². The van der Waals surface area contributed by atoms with Crippen LogP contribution in [-0.2, 0) is 20.0 Å². The molecule has 6 rings (SSSR count). The molecule has 5 heterocycles. The summed E-state index contributed by atoms with van der Waals surface area (Å²) in [7, 11) is 1.93. The highest BCUT2D eigenvalue weighted by Crippen LogP contribution is 2.34. The number of benzene rings is 1. The molecule has 0 atom stereocenters. The number of rotatable bonds is 5. The Labute approximate surface area is 214 Å². The van der Waals surface area contributed by atoms with Gasteiger partial charge in [-0.2, -0.15) is 0 Å². The van der Waals surface area contributed by atoms with Crippen LogP contribution < -0.4 is 16.6 Å². The maximum atomic E-state index is 13.8. The molecule has 3 N–H and O–H groups in total. The van der Waals surface area contributed by atoms with Gasteiger partial charge in [-0.15, -0.1) is 0 Å². The van der Waals surface area contributed by atoms with E-state index >= 15 is 0 Å². The van der Waals surface area contributed by atoms with Crippen LogP contribution in [-0.4, -0.2) is 44.3 Å². The monoisotopic (exact) mass is 498 g/mol. The van der Waals surface area contributed by atoms with Crippen molar-refractivity contribution < 1.29 is 9.44 Å². The fraction of sp³-hybridized carbons (Fsp3) is 0.321. The average molecular weight is 499 g/mol. The molecule has 0 radical (unpaired) electrons. The van der Waals surface area contributed by atoms with E-state index in [-0.39, 0.29) is 10.2 Å². The van der Waals surface area contributed by atoms with Crippen molar-refractivity contribution >= 4 is 22.6 Å². The van der Waals surface area contributed by atoms with Crippen LogP contribution in [0.1, 0.15) is 45.9 Å². The van der Waals surface area contributed by atoms with Gasteiger partial charge in [0.2, 0.25) is 5.91 Å². The van der Waals surface area contributed by atoms with Crippen molar-refractivity contribution in [2.75, 3.05) is 25.0 Å². The van der Waals surface area contributed by atoms with Crippen LogP contribution in [0.25, 0.3) is 16.7 Å². The highest BCUT2D eigenvalue weighted by Gasteiger charge is 2.30. The van der Waals surface area contributed by atoms with Gasteiger partial charge in [0.25, 0.3) is 5.56 Å². The SMILES string of the molecule is Cn1c(C[N+]2([O-])CCC(c3ccc(C(N)=O)cc3)CC2)cc2c(-n3ccc4c(c3=O)CCN4)ccnc21. The van der Waals surface area contributed by atoms with Crippen molar-refractivity contribution in [1.82, 2.24) is 14.1 Å². The second-order valence-electron chi connectivity index (χ2n) is 10.2. The first-order valence-electron chi connectivity index (χ1n) is 12.7. The number of quaternary nitrogens is 1. The number of aryl methyl sites for hydroxylation is 1. The zero-order chi connectivity index (χ0) is 25.7. The molecule has 4 aromatic rings. The zero-order valence-electron chi connectivity index (χ0n) is 20.8. The van der Waals surface area contributed by atoms with Gasteiger partial charge in [0.05, 0.1) is 24.5 Å². The molecule has 190 valence electrons. The van der Waals surface area contributed by atoms with Gasteiger partial charge in [0.15, 0.2) is 0 Å². The molecular formula is C28H30N6O3. The quantitative estimate of drug-likeness (QED) is 0.324. The Kier molecular flexibility index (Phi) is 5.62. The molecule has 3 aromatic heterocycles. The number of primary amides is 1. The number of nitrogens with one attached hydrogen (secondary N) is 1. The Balaban J connectivity index is 1.25. The second kappa shape index (κ2) is 8.86. The topological polar surface area (TPSA) is 118 Å². The molecule has 2 aliphatic rings. The Bertz CT molecular complexity index is 1560. The molecule has 9 nitrogen and oxygen atoms in total. The second-order valence-corrected chi connectivity index (χ2v) is 10.2. The fourth-order valence-electron chi connectivity index (χ4n) is 5.86. The standard InChI is InChI=1S/C28H30N6O3/c1-32-21(17-34(37)14-9-19(10-15-34)18-2-4-20(5-3-18)26(29)35)16-23-25(7-12-31-27(23)32)33-13-8-24-22(28(33)36)6-11-30-24/h2-5,7-8,12-13,16,19,30H,6,9-11,14-15,17H2,1H3,(H2,29,35). The number of hydrogen-bond acceptors (Lipinski definition) is 5. The van der Waals surface area contributed by atoms with E-state index in [0.29, 0.717) is 31.1 Å². The van der Waals surface area contributed by atoms with Crippen molar-refractivity contribution in [3.63, 3.8) is 0 Å². The highest BCUT2D eigenvalue weighted by atomic mass is 16.5. The van der Waals surface area contributed by atoms with E-state index in [1.165, 1.54) is 0 Å². The molecule has 9 heteroatoms. The minimum Gasteiger partial charge on any atom is -0.633 e. The minimum atomic E-state index is -0.434. The molecule has 0 bridgehead atoms. The first kappa shape index (κ1) is 23.4. The Morgan fingerprint density at radius 2 is 1.95 bits per heavy atom. The minimum absolute atomic E-state index is 0.0151. The lowest BCUT2D eigenvalue weighted by Crippen LogP contribution is -2.47. The van der Waals surface area contributed by atoms with E-state index in [0.717, 1.165) is 65.0 Å². The van der Waals surface area contributed by atoms with Crippen LogP contribution in [0.5, 0.6) is 0 Å². The molecule has 2 aliphatic heterocycles. The number of amides is 1. The number of nitrogens with zero attached hydrogens (tertiary/aromatic N) is 4. The Hall–Kier alpha value is -3.95. The molecule has 0 saturated carbocycles. The van der Waals surface area contributed by atoms with Gasteiger partial charge in [-0.1, -0.05) is 12.1 Å². The summed E-state index contributed by atoms with van der Waals surface area (Å²) in [6.45, 7) is 2.16. The lowest BCUT2D eigenvalue weighted by atomic mass is 9.88. The number of hydrogen-bond donors (Lipinski definition) is 2. The predicted molar refractivity (Wildman–Crippen MR) is 143 cm³/mol. The number of hydroxylamine groups is 3. The zero-order valence-corrected chi connectivity index (χ0v) is 20.8. The maximum Gasteiger partial charge on any atom is 0.260 e. The molecule has 37 heavy (non-hydrogen) atoms. The van der Waals surface area contributed by atoms with E-state index in [2.05, 4.69) is 10.3 Å². The van der Waals surface area contributed by atoms with Gasteiger partial charge in [-0.25, -0.2) is 4.98 Å². The number of anilines is 1. The van der Waals surface area contributed by atoms with Crippen LogP contribution >= 0.6 is 0 Å². The first-order chi connectivity index (χ1) is 17.8. The number of fused-ring (bicyclic) bond motifs is 2. The van der Waals surface area contributed by atoms with Gasteiger partial charge in [-0.3, -0.25) is 14.2 Å². The Morgan fingerprint density at radius 1 is 1.19 bits per heavy atom. The number of carbonyl (C=O) groups is 1. The molecule has 1 amide bonds. The summed E-state index contributed by atoms with van der Waals surface area (Å²) in [6, 6.07) is 13.2. The average Bonchev–Trinajstić information content (AvgIpc) is 3.50. The molecule has 0 spiro atoms. The van der Waals surface area contributed by atoms with Crippen LogP contribution in [0.4, 0.5) is 5.69 Å². The number of likely N-dealkylation sites (tertiary alicyclic amines) is 1. The number of piperidine rings is 1. The Morgan fingerprint density at radius 3 is 2.68 bits per heavy atom. The first-order valence-corrected chi connectivity index (χ1v) is 12.7. The van der Waals surface area contributed by atoms with Crippen molar-refractivity contribution in [2.45, 2.75) is 31.7 Å². The molecular weight excluding hydrogens is 468 g/mol. The van der Waals surface area contributed by atoms with E-state index in [1.807, 2.05) is 48.1 Å². The smallest absolute Gasteiger partial charge is 0.260 e. The number of nitrogens with two attached hydrogens (primary N) is 1. The van der Waals surface area contributed by atoms with Gasteiger partial charge in [0.1, 0.15) is 12.2 Å². The molecule has 0 aliphatic carbocycles. The van der Waals surface area contributed by atoms with E-state index < -0.39 is 5.91 Å². The normalized spacial score (nSPS) is 21.1. The van der Waals surface area contributed by atoms with Crippen molar-refractivity contribution in [3.05, 3.63) is 92.8 Å². The van der Waals surface area contributed by atoms with Crippen LogP contribution in [0.2, 0.25) is 0 Å². The summed E-state index contributed by atoms with van der Waals surface area (Å²) in [4.78, 5) is 29.1. The van der Waals surface area contributed by atoms with E-state index in [1.54, 1.807) is 22.9 Å². The summed E-state index contributed by atoms with van der Waals surface area (Å²) >= 11 is 0. The number of pyridine rings is 2. The summed E-state index contributed by atoms with van der Waals surface area (Å²) in [5.74, 6) is -0.139. The third-order valence-electron chi connectivity index (χ3n) is 8.03. The summed E-state index contributed by atoms with van der Waals surface area (Å²) in [6.07, 6.45) is 5.81. The summed E-state index contributed by atoms with van der Waals surface area (Å²) in [5, 5.41) is 17.9.